The maximum absolute atomic E-state index is 10.4. The van der Waals surface area contributed by atoms with Gasteiger partial charge < -0.3 is 10.4 Å². The number of hydrogen-bond acceptors (Lipinski definition) is 3. The first-order valence-corrected chi connectivity index (χ1v) is 3.58. The summed E-state index contributed by atoms with van der Waals surface area (Å²) >= 11 is 0. The first kappa shape index (κ1) is 8.58. The Morgan fingerprint density at radius 2 is 2.50 bits per heavy atom. The highest BCUT2D eigenvalue weighted by atomic mass is 16.4. The molecule has 0 spiro atoms. The van der Waals surface area contributed by atoms with Crippen molar-refractivity contribution in [2.45, 2.75) is 13.0 Å². The van der Waals surface area contributed by atoms with E-state index in [2.05, 4.69) is 10.4 Å². The summed E-state index contributed by atoms with van der Waals surface area (Å²) in [7, 11) is 1.77. The molecule has 0 saturated carbocycles. The Morgan fingerprint density at radius 3 is 2.92 bits per heavy atom. The van der Waals surface area contributed by atoms with Crippen molar-refractivity contribution in [2.75, 3.05) is 5.32 Å². The molecule has 1 heterocycles. The van der Waals surface area contributed by atoms with Crippen molar-refractivity contribution in [3.8, 4) is 0 Å². The van der Waals surface area contributed by atoms with Gasteiger partial charge in [-0.1, -0.05) is 0 Å². The molecule has 1 unspecified atom stereocenters. The standard InChI is InChI=1S/C7H11N3O2/c1-5(7(11)12)8-6-3-4-10(2)9-6/h3-5H,1-2H3,(H,8,9)(H,11,12). The lowest BCUT2D eigenvalue weighted by Gasteiger charge is -2.06. The van der Waals surface area contributed by atoms with Crippen LogP contribution in [0.15, 0.2) is 12.3 Å². The lowest BCUT2D eigenvalue weighted by molar-refractivity contribution is -0.137. The van der Waals surface area contributed by atoms with Gasteiger partial charge in [0, 0.05) is 19.3 Å². The number of aromatic nitrogens is 2. The largest absolute Gasteiger partial charge is 0.480 e. The average Bonchev–Trinajstić information content (AvgIpc) is 2.35. The first-order valence-electron chi connectivity index (χ1n) is 3.58. The van der Waals surface area contributed by atoms with E-state index < -0.39 is 12.0 Å². The highest BCUT2D eigenvalue weighted by Gasteiger charge is 2.10. The van der Waals surface area contributed by atoms with Gasteiger partial charge in [-0.05, 0) is 6.92 Å². The molecule has 0 aliphatic rings. The van der Waals surface area contributed by atoms with Crippen molar-refractivity contribution in [3.05, 3.63) is 12.3 Å². The van der Waals surface area contributed by atoms with E-state index >= 15 is 0 Å². The summed E-state index contributed by atoms with van der Waals surface area (Å²) in [6.07, 6.45) is 1.75. The number of carbonyl (C=O) groups is 1. The Hall–Kier alpha value is -1.52. The van der Waals surface area contributed by atoms with Crippen LogP contribution in [-0.4, -0.2) is 26.9 Å². The van der Waals surface area contributed by atoms with E-state index in [1.54, 1.807) is 30.9 Å². The highest BCUT2D eigenvalue weighted by Crippen LogP contribution is 2.02. The van der Waals surface area contributed by atoms with Crippen LogP contribution in [0.1, 0.15) is 6.92 Å². The fourth-order valence-corrected chi connectivity index (χ4v) is 0.776. The molecule has 5 nitrogen and oxygen atoms in total. The van der Waals surface area contributed by atoms with Crippen LogP contribution in [0.2, 0.25) is 0 Å². The van der Waals surface area contributed by atoms with Crippen LogP contribution < -0.4 is 5.32 Å². The molecule has 1 aromatic heterocycles. The van der Waals surface area contributed by atoms with Gasteiger partial charge in [-0.3, -0.25) is 9.48 Å². The van der Waals surface area contributed by atoms with Gasteiger partial charge in [0.15, 0.2) is 0 Å². The number of aliphatic carboxylic acids is 1. The molecule has 12 heavy (non-hydrogen) atoms. The molecular formula is C7H11N3O2. The second-order valence-electron chi connectivity index (χ2n) is 2.58. The zero-order chi connectivity index (χ0) is 9.14. The van der Waals surface area contributed by atoms with E-state index in [-0.39, 0.29) is 0 Å². The molecule has 0 radical (unpaired) electrons. The van der Waals surface area contributed by atoms with E-state index in [9.17, 15) is 4.79 Å². The summed E-state index contributed by atoms with van der Waals surface area (Å²) < 4.78 is 1.61. The summed E-state index contributed by atoms with van der Waals surface area (Å²) in [6.45, 7) is 1.57. The smallest absolute Gasteiger partial charge is 0.325 e. The molecule has 2 N–H and O–H groups in total. The number of rotatable bonds is 3. The second kappa shape index (κ2) is 3.25. The minimum atomic E-state index is -0.888. The minimum Gasteiger partial charge on any atom is -0.480 e. The molecule has 1 atom stereocenters. The zero-order valence-electron chi connectivity index (χ0n) is 6.98. The van der Waals surface area contributed by atoms with E-state index in [0.29, 0.717) is 5.82 Å². The summed E-state index contributed by atoms with van der Waals surface area (Å²) in [5.74, 6) is -0.312. The number of carboxylic acids is 1. The van der Waals surface area contributed by atoms with Crippen molar-refractivity contribution in [3.63, 3.8) is 0 Å². The molecule has 0 aromatic carbocycles. The van der Waals surface area contributed by atoms with Crippen molar-refractivity contribution in [2.24, 2.45) is 7.05 Å². The maximum atomic E-state index is 10.4. The Bertz CT molecular complexity index is 282. The van der Waals surface area contributed by atoms with Crippen LogP contribution >= 0.6 is 0 Å². The monoisotopic (exact) mass is 169 g/mol. The molecule has 0 aliphatic heterocycles. The van der Waals surface area contributed by atoms with Crippen LogP contribution in [0, 0.1) is 0 Å². The third-order valence-corrected chi connectivity index (χ3v) is 1.45. The summed E-state index contributed by atoms with van der Waals surface area (Å²) in [6, 6.07) is 1.11. The number of nitrogens with one attached hydrogen (secondary N) is 1. The van der Waals surface area contributed by atoms with Crippen LogP contribution in [0.4, 0.5) is 5.82 Å². The summed E-state index contributed by atoms with van der Waals surface area (Å²) in [5, 5.41) is 15.3. The second-order valence-corrected chi connectivity index (χ2v) is 2.58. The molecule has 1 aromatic rings. The Labute approximate surface area is 70.0 Å². The average molecular weight is 169 g/mol. The third kappa shape index (κ3) is 1.98. The van der Waals surface area contributed by atoms with Crippen molar-refractivity contribution >= 4 is 11.8 Å². The quantitative estimate of drug-likeness (QED) is 0.683. The first-order chi connectivity index (χ1) is 5.59. The number of anilines is 1. The SMILES string of the molecule is CC(Nc1ccn(C)n1)C(=O)O. The van der Waals surface area contributed by atoms with E-state index in [1.165, 1.54) is 0 Å². The van der Waals surface area contributed by atoms with Gasteiger partial charge >= 0.3 is 5.97 Å². The van der Waals surface area contributed by atoms with Gasteiger partial charge in [-0.25, -0.2) is 0 Å². The fourth-order valence-electron chi connectivity index (χ4n) is 0.776. The number of carboxylic acid groups (broad SMARTS) is 1. The Balaban J connectivity index is 2.58. The van der Waals surface area contributed by atoms with Crippen LogP contribution in [0.5, 0.6) is 0 Å². The van der Waals surface area contributed by atoms with Gasteiger partial charge in [-0.2, -0.15) is 5.10 Å². The molecule has 5 heteroatoms. The normalized spacial score (nSPS) is 12.5. The lowest BCUT2D eigenvalue weighted by Crippen LogP contribution is -2.25. The van der Waals surface area contributed by atoms with Crippen LogP contribution in [0.25, 0.3) is 0 Å². The van der Waals surface area contributed by atoms with Crippen LogP contribution in [-0.2, 0) is 11.8 Å². The number of nitrogens with zero attached hydrogens (tertiary/aromatic N) is 2. The molecule has 66 valence electrons. The molecule has 0 saturated heterocycles. The van der Waals surface area contributed by atoms with Crippen molar-refractivity contribution in [1.82, 2.24) is 9.78 Å². The minimum absolute atomic E-state index is 0.576. The number of hydrogen-bond donors (Lipinski definition) is 2. The van der Waals surface area contributed by atoms with E-state index in [1.807, 2.05) is 0 Å². The van der Waals surface area contributed by atoms with Crippen molar-refractivity contribution in [1.29, 1.82) is 0 Å². The van der Waals surface area contributed by atoms with Crippen molar-refractivity contribution < 1.29 is 9.90 Å². The van der Waals surface area contributed by atoms with Gasteiger partial charge in [0.25, 0.3) is 0 Å². The van der Waals surface area contributed by atoms with Gasteiger partial charge in [0.2, 0.25) is 0 Å². The summed E-state index contributed by atoms with van der Waals surface area (Å²) in [5.41, 5.74) is 0. The predicted octanol–water partition coefficient (Wildman–Crippen LogP) is 0.305. The van der Waals surface area contributed by atoms with E-state index in [4.69, 9.17) is 5.11 Å². The zero-order valence-corrected chi connectivity index (χ0v) is 6.98. The molecule has 0 bridgehead atoms. The van der Waals surface area contributed by atoms with Gasteiger partial charge in [0.1, 0.15) is 11.9 Å². The molecule has 0 aliphatic carbocycles. The van der Waals surface area contributed by atoms with Gasteiger partial charge in [-0.15, -0.1) is 0 Å². The van der Waals surface area contributed by atoms with E-state index in [0.717, 1.165) is 0 Å². The fraction of sp³-hybridized carbons (Fsp3) is 0.429. The predicted molar refractivity (Wildman–Crippen MR) is 43.9 cm³/mol. The Kier molecular flexibility index (Phi) is 2.32. The molecular weight excluding hydrogens is 158 g/mol. The van der Waals surface area contributed by atoms with Gasteiger partial charge in [0.05, 0.1) is 0 Å². The summed E-state index contributed by atoms with van der Waals surface area (Å²) in [4.78, 5) is 10.4. The lowest BCUT2D eigenvalue weighted by atomic mass is 10.3. The highest BCUT2D eigenvalue weighted by molar-refractivity contribution is 5.76. The molecule has 0 amide bonds. The van der Waals surface area contributed by atoms with Crippen LogP contribution in [0.3, 0.4) is 0 Å². The molecule has 0 fully saturated rings. The third-order valence-electron chi connectivity index (χ3n) is 1.45. The molecule has 1 rings (SSSR count). The Morgan fingerprint density at radius 1 is 1.83 bits per heavy atom. The topological polar surface area (TPSA) is 67.2 Å². The maximum Gasteiger partial charge on any atom is 0.325 e. The number of aryl methyl sites for hydroxylation is 1.